The number of halogens is 2. The third-order valence-corrected chi connectivity index (χ3v) is 8.15. The predicted octanol–water partition coefficient (Wildman–Crippen LogP) is 7.05. The minimum atomic E-state index is -0.606. The van der Waals surface area contributed by atoms with Gasteiger partial charge in [-0.2, -0.15) is 0 Å². The number of hydrogen-bond donors (Lipinski definition) is 1. The highest BCUT2D eigenvalue weighted by Crippen LogP contribution is 2.49. The zero-order valence-electron chi connectivity index (χ0n) is 21.1. The number of dihydropyridines is 1. The van der Waals surface area contributed by atoms with Gasteiger partial charge in [-0.25, -0.2) is 4.79 Å². The summed E-state index contributed by atoms with van der Waals surface area (Å²) in [5.74, 6) is -1.16. The first-order valence-electron chi connectivity index (χ1n) is 12.3. The highest BCUT2D eigenvalue weighted by atomic mass is 35.5. The molecule has 0 fully saturated rings. The van der Waals surface area contributed by atoms with E-state index < -0.39 is 11.9 Å². The van der Waals surface area contributed by atoms with Gasteiger partial charge in [-0.05, 0) is 43.2 Å². The Kier molecular flexibility index (Phi) is 5.93. The maximum atomic E-state index is 13.9. The number of ether oxygens (including phenoxy) is 1. The minimum absolute atomic E-state index is 0.0843. The first-order chi connectivity index (χ1) is 18.3. The van der Waals surface area contributed by atoms with E-state index in [4.69, 9.17) is 27.9 Å². The van der Waals surface area contributed by atoms with E-state index >= 15 is 0 Å². The van der Waals surface area contributed by atoms with E-state index in [1.807, 2.05) is 74.5 Å². The maximum Gasteiger partial charge on any atom is 0.336 e. The Labute approximate surface area is 230 Å². The lowest BCUT2D eigenvalue weighted by molar-refractivity contribution is -0.136. The molecule has 2 heterocycles. The summed E-state index contributed by atoms with van der Waals surface area (Å²) >= 11 is 12.7. The van der Waals surface area contributed by atoms with E-state index in [-0.39, 0.29) is 5.78 Å². The van der Waals surface area contributed by atoms with Crippen molar-refractivity contribution in [3.8, 4) is 0 Å². The number of allylic oxidation sites excluding steroid dienone is 2. The van der Waals surface area contributed by atoms with Gasteiger partial charge in [-0.3, -0.25) is 4.79 Å². The summed E-state index contributed by atoms with van der Waals surface area (Å²) < 4.78 is 7.43. The molecule has 190 valence electrons. The van der Waals surface area contributed by atoms with Crippen LogP contribution in [0.4, 0.5) is 0 Å². The number of carbonyl (C=O) groups is 2. The molecule has 0 unspecified atom stereocenters. The smallest absolute Gasteiger partial charge is 0.336 e. The van der Waals surface area contributed by atoms with Gasteiger partial charge < -0.3 is 14.6 Å². The van der Waals surface area contributed by atoms with Crippen LogP contribution >= 0.6 is 23.2 Å². The molecule has 3 aromatic carbocycles. The van der Waals surface area contributed by atoms with E-state index in [0.717, 1.165) is 39.0 Å². The lowest BCUT2D eigenvalue weighted by atomic mass is 9.78. The van der Waals surface area contributed by atoms with E-state index in [1.54, 1.807) is 6.07 Å². The van der Waals surface area contributed by atoms with Crippen LogP contribution in [-0.4, -0.2) is 23.4 Å². The van der Waals surface area contributed by atoms with Crippen molar-refractivity contribution in [2.75, 3.05) is 7.11 Å². The van der Waals surface area contributed by atoms with E-state index in [2.05, 4.69) is 9.88 Å². The second kappa shape index (κ2) is 9.19. The first kappa shape index (κ1) is 24.5. The number of benzene rings is 3. The number of Topliss-reactive ketones (excluding diaryl/α,β-unsaturated/α-hetero) is 1. The van der Waals surface area contributed by atoms with Crippen molar-refractivity contribution < 1.29 is 14.3 Å². The van der Waals surface area contributed by atoms with Gasteiger partial charge in [-0.1, -0.05) is 71.7 Å². The average Bonchev–Trinajstić information content (AvgIpc) is 3.35. The molecule has 7 heteroatoms. The number of nitrogens with zero attached hydrogens (tertiary/aromatic N) is 1. The molecule has 5 nitrogen and oxygen atoms in total. The van der Waals surface area contributed by atoms with Gasteiger partial charge in [0.05, 0.1) is 24.3 Å². The molecular weight excluding hydrogens is 519 g/mol. The molecule has 1 aliphatic heterocycles. The molecule has 0 bridgehead atoms. The van der Waals surface area contributed by atoms with Gasteiger partial charge in [0, 0.05) is 55.6 Å². The Bertz CT molecular complexity index is 1750. The van der Waals surface area contributed by atoms with Crippen LogP contribution in [0.5, 0.6) is 0 Å². The lowest BCUT2D eigenvalue weighted by Gasteiger charge is -2.29. The topological polar surface area (TPSA) is 60.3 Å². The monoisotopic (exact) mass is 542 g/mol. The van der Waals surface area contributed by atoms with Crippen molar-refractivity contribution in [3.63, 3.8) is 0 Å². The number of aromatic nitrogens is 1. The third-order valence-electron chi connectivity index (χ3n) is 7.57. The molecule has 2 aliphatic rings. The van der Waals surface area contributed by atoms with Crippen LogP contribution in [-0.2, 0) is 16.1 Å². The molecule has 4 aromatic rings. The summed E-state index contributed by atoms with van der Waals surface area (Å²) in [6.07, 6.45) is 0. The van der Waals surface area contributed by atoms with Crippen LogP contribution < -0.4 is 5.32 Å². The molecule has 1 atom stereocenters. The van der Waals surface area contributed by atoms with Gasteiger partial charge in [0.2, 0.25) is 0 Å². The molecule has 6 rings (SSSR count). The number of para-hydroxylation sites is 1. The Morgan fingerprint density at radius 1 is 1.00 bits per heavy atom. The van der Waals surface area contributed by atoms with Gasteiger partial charge in [0.25, 0.3) is 0 Å². The summed E-state index contributed by atoms with van der Waals surface area (Å²) in [4.78, 5) is 27.2. The molecular formula is C31H24Cl2N2O3. The summed E-state index contributed by atoms with van der Waals surface area (Å²) in [6, 6.07) is 21.1. The number of fused-ring (bicyclic) bond motifs is 3. The zero-order valence-corrected chi connectivity index (χ0v) is 22.6. The molecule has 1 aromatic heterocycles. The maximum absolute atomic E-state index is 13.9. The van der Waals surface area contributed by atoms with Crippen molar-refractivity contribution in [2.45, 2.75) is 26.3 Å². The summed E-state index contributed by atoms with van der Waals surface area (Å²) in [5, 5.41) is 5.48. The lowest BCUT2D eigenvalue weighted by Crippen LogP contribution is -2.29. The van der Waals surface area contributed by atoms with Crippen molar-refractivity contribution >= 4 is 51.6 Å². The van der Waals surface area contributed by atoms with Crippen molar-refractivity contribution in [2.24, 2.45) is 0 Å². The molecule has 1 aliphatic carbocycles. The number of nitrogens with one attached hydrogen (secondary N) is 1. The van der Waals surface area contributed by atoms with Gasteiger partial charge >= 0.3 is 5.97 Å². The molecule has 0 spiro atoms. The Balaban J connectivity index is 1.62. The number of hydrogen-bond acceptors (Lipinski definition) is 4. The van der Waals surface area contributed by atoms with Gasteiger partial charge in [-0.15, -0.1) is 0 Å². The Hall–Kier alpha value is -3.80. The third kappa shape index (κ3) is 3.61. The first-order valence-corrected chi connectivity index (χ1v) is 13.0. The standard InChI is InChI=1S/C31H24Cl2N2O3/c1-16-25(31(37)38-3)27(28-29(34-16)20-8-4-5-9-21(20)30(28)36)26-17(2)35(24-11-7-6-10-22(24)26)15-18-12-13-19(32)14-23(18)33/h4-14,27,34H,15H2,1-3H3/t27-/m0/s1. The fourth-order valence-electron chi connectivity index (χ4n) is 5.84. The molecule has 1 N–H and O–H groups in total. The highest BCUT2D eigenvalue weighted by Gasteiger charge is 2.44. The fourth-order valence-corrected chi connectivity index (χ4v) is 6.31. The van der Waals surface area contributed by atoms with E-state index in [0.29, 0.717) is 39.0 Å². The molecule has 0 saturated heterocycles. The van der Waals surface area contributed by atoms with Crippen LogP contribution in [0.3, 0.4) is 0 Å². The quantitative estimate of drug-likeness (QED) is 0.281. The average molecular weight is 543 g/mol. The van der Waals surface area contributed by atoms with Crippen molar-refractivity contribution in [1.29, 1.82) is 0 Å². The van der Waals surface area contributed by atoms with Crippen molar-refractivity contribution in [3.05, 3.63) is 122 Å². The van der Waals surface area contributed by atoms with Crippen LogP contribution in [0.25, 0.3) is 16.6 Å². The van der Waals surface area contributed by atoms with Gasteiger partial charge in [0.15, 0.2) is 5.78 Å². The zero-order chi connectivity index (χ0) is 26.7. The second-order valence-corrected chi connectivity index (χ2v) is 10.4. The number of rotatable bonds is 4. The second-order valence-electron chi connectivity index (χ2n) is 9.59. The van der Waals surface area contributed by atoms with Gasteiger partial charge in [0.1, 0.15) is 0 Å². The fraction of sp³-hybridized carbons (Fsp3) is 0.161. The molecule has 0 radical (unpaired) electrons. The van der Waals surface area contributed by atoms with Crippen molar-refractivity contribution in [1.82, 2.24) is 9.88 Å². The number of methoxy groups -OCH3 is 1. The van der Waals surface area contributed by atoms with E-state index in [1.165, 1.54) is 7.11 Å². The number of esters is 1. The largest absolute Gasteiger partial charge is 0.466 e. The molecule has 0 amide bonds. The molecule has 0 saturated carbocycles. The van der Waals surface area contributed by atoms with E-state index in [9.17, 15) is 9.59 Å². The normalized spacial score (nSPS) is 16.6. The number of carbonyl (C=O) groups excluding carboxylic acids is 2. The van der Waals surface area contributed by atoms with Crippen LogP contribution in [0.1, 0.15) is 45.6 Å². The van der Waals surface area contributed by atoms with Crippen LogP contribution in [0.2, 0.25) is 10.0 Å². The van der Waals surface area contributed by atoms with Crippen LogP contribution in [0, 0.1) is 6.92 Å². The summed E-state index contributed by atoms with van der Waals surface area (Å²) in [6.45, 7) is 4.39. The minimum Gasteiger partial charge on any atom is -0.466 e. The molecule has 38 heavy (non-hydrogen) atoms. The highest BCUT2D eigenvalue weighted by molar-refractivity contribution is 6.35. The summed E-state index contributed by atoms with van der Waals surface area (Å²) in [5.41, 5.74) is 7.63. The Morgan fingerprint density at radius 3 is 2.45 bits per heavy atom. The number of ketones is 1. The SMILES string of the molecule is COC(=O)C1=C(C)NC2=C(C(=O)c3ccccc32)[C@@H]1c1c(C)n(Cc2ccc(Cl)cc2Cl)c2ccccc12. The Morgan fingerprint density at radius 2 is 1.71 bits per heavy atom. The predicted molar refractivity (Wildman–Crippen MR) is 151 cm³/mol. The van der Waals surface area contributed by atoms with Crippen LogP contribution in [0.15, 0.2) is 83.6 Å². The summed E-state index contributed by atoms with van der Waals surface area (Å²) in [7, 11) is 1.37.